The van der Waals surface area contributed by atoms with E-state index in [-0.39, 0.29) is 24.8 Å². The van der Waals surface area contributed by atoms with E-state index in [0.717, 1.165) is 0 Å². The van der Waals surface area contributed by atoms with Gasteiger partial charge in [-0.05, 0) is 69.2 Å². The molecule has 0 aliphatic carbocycles. The average molecular weight is 472 g/mol. The van der Waals surface area contributed by atoms with Crippen LogP contribution >= 0.6 is 0 Å². The summed E-state index contributed by atoms with van der Waals surface area (Å²) in [6, 6.07) is 11.3. The molecule has 0 bridgehead atoms. The van der Waals surface area contributed by atoms with Crippen LogP contribution in [0.15, 0.2) is 42.5 Å². The van der Waals surface area contributed by atoms with Crippen molar-refractivity contribution >= 4 is 23.5 Å². The molecule has 0 radical (unpaired) electrons. The molecule has 0 aliphatic rings. The molecule has 0 saturated heterocycles. The fourth-order valence-electron chi connectivity index (χ4n) is 3.15. The molecule has 184 valence electrons. The van der Waals surface area contributed by atoms with E-state index >= 15 is 0 Å². The third kappa shape index (κ3) is 8.31. The highest BCUT2D eigenvalue weighted by atomic mass is 16.5. The van der Waals surface area contributed by atoms with Gasteiger partial charge in [0.2, 0.25) is 0 Å². The van der Waals surface area contributed by atoms with Gasteiger partial charge in [-0.25, -0.2) is 4.79 Å². The second kappa shape index (κ2) is 13.7. The van der Waals surface area contributed by atoms with Crippen molar-refractivity contribution < 1.29 is 28.5 Å². The average Bonchev–Trinajstić information content (AvgIpc) is 2.81. The molecule has 34 heavy (non-hydrogen) atoms. The maximum atomic E-state index is 12.8. The fraction of sp³-hybridized carbons (Fsp3) is 0.400. The van der Waals surface area contributed by atoms with E-state index < -0.39 is 12.0 Å². The molecule has 0 spiro atoms. The first-order valence-corrected chi connectivity index (χ1v) is 11.3. The smallest absolute Gasteiger partial charge is 0.333 e. The molecule has 0 heterocycles. The molecule has 1 atom stereocenters. The summed E-state index contributed by atoms with van der Waals surface area (Å²) in [6.45, 7) is 6.69. The highest BCUT2D eigenvalue weighted by molar-refractivity contribution is 5.95. The Balaban J connectivity index is 2.25. The van der Waals surface area contributed by atoms with Crippen LogP contribution in [0.2, 0.25) is 0 Å². The van der Waals surface area contributed by atoms with Gasteiger partial charge in [0.15, 0.2) is 6.04 Å². The number of carbonyl (C=O) groups is 2. The minimum atomic E-state index is -0.828. The highest BCUT2D eigenvalue weighted by Gasteiger charge is 2.24. The second-order valence-corrected chi connectivity index (χ2v) is 7.25. The summed E-state index contributed by atoms with van der Waals surface area (Å²) in [5.41, 5.74) is 7.35. The number of anilines is 1. The number of rotatable bonds is 14. The summed E-state index contributed by atoms with van der Waals surface area (Å²) >= 11 is 0. The van der Waals surface area contributed by atoms with Crippen molar-refractivity contribution in [3.05, 3.63) is 53.6 Å². The van der Waals surface area contributed by atoms with Crippen LogP contribution in [0.4, 0.5) is 5.69 Å². The number of nitrogens with one attached hydrogen (secondary N) is 2. The lowest BCUT2D eigenvalue weighted by atomic mass is 10.0. The van der Waals surface area contributed by atoms with Gasteiger partial charge in [0.05, 0.1) is 26.4 Å². The zero-order valence-corrected chi connectivity index (χ0v) is 19.9. The summed E-state index contributed by atoms with van der Waals surface area (Å²) in [6.07, 6.45) is 0.754. The van der Waals surface area contributed by atoms with Crippen molar-refractivity contribution in [3.8, 4) is 11.5 Å². The van der Waals surface area contributed by atoms with Crippen molar-refractivity contribution in [3.63, 3.8) is 0 Å². The van der Waals surface area contributed by atoms with Gasteiger partial charge in [0.25, 0.3) is 0 Å². The summed E-state index contributed by atoms with van der Waals surface area (Å²) < 4.78 is 21.7. The molecule has 0 saturated carbocycles. The summed E-state index contributed by atoms with van der Waals surface area (Å²) in [4.78, 5) is 24.4. The summed E-state index contributed by atoms with van der Waals surface area (Å²) in [5.74, 6) is 0.288. The Kier molecular flexibility index (Phi) is 10.7. The molecule has 4 N–H and O–H groups in total. The van der Waals surface area contributed by atoms with Crippen LogP contribution in [0.5, 0.6) is 11.5 Å². The van der Waals surface area contributed by atoms with Gasteiger partial charge in [-0.2, -0.15) is 0 Å². The SMILES string of the molecule is CCOC(=O)CCCOc1cc(OCC)cc(C(Nc2ccc(C(=N)N)cc2)C(=O)OCC)c1. The number of carbonyl (C=O) groups excluding carboxylic acids is 2. The summed E-state index contributed by atoms with van der Waals surface area (Å²) in [5, 5.41) is 10.7. The van der Waals surface area contributed by atoms with Gasteiger partial charge >= 0.3 is 11.9 Å². The van der Waals surface area contributed by atoms with Crippen LogP contribution in [-0.4, -0.2) is 44.2 Å². The predicted molar refractivity (Wildman–Crippen MR) is 129 cm³/mol. The van der Waals surface area contributed by atoms with E-state index in [9.17, 15) is 9.59 Å². The summed E-state index contributed by atoms with van der Waals surface area (Å²) in [7, 11) is 0. The molecule has 9 nitrogen and oxygen atoms in total. The van der Waals surface area contributed by atoms with Gasteiger partial charge < -0.3 is 30.0 Å². The number of hydrogen-bond acceptors (Lipinski definition) is 8. The molecule has 1 unspecified atom stereocenters. The maximum Gasteiger partial charge on any atom is 0.333 e. The van der Waals surface area contributed by atoms with Gasteiger partial charge in [0.1, 0.15) is 17.3 Å². The number of ether oxygens (including phenoxy) is 4. The van der Waals surface area contributed by atoms with Crippen LogP contribution in [0.1, 0.15) is 50.8 Å². The van der Waals surface area contributed by atoms with E-state index in [1.165, 1.54) is 0 Å². The highest BCUT2D eigenvalue weighted by Crippen LogP contribution is 2.30. The minimum Gasteiger partial charge on any atom is -0.494 e. The normalized spacial score (nSPS) is 11.3. The number of amidine groups is 1. The van der Waals surface area contributed by atoms with Crippen LogP contribution in [0.25, 0.3) is 0 Å². The van der Waals surface area contributed by atoms with Gasteiger partial charge in [-0.3, -0.25) is 10.2 Å². The first kappa shape index (κ1) is 26.5. The number of nitrogens with two attached hydrogens (primary N) is 1. The third-order valence-electron chi connectivity index (χ3n) is 4.68. The molecular formula is C25H33N3O6. The van der Waals surface area contributed by atoms with Crippen molar-refractivity contribution in [1.29, 1.82) is 5.41 Å². The van der Waals surface area contributed by atoms with E-state index in [1.54, 1.807) is 56.3 Å². The van der Waals surface area contributed by atoms with Gasteiger partial charge in [0, 0.05) is 23.7 Å². The number of hydrogen-bond donors (Lipinski definition) is 3. The maximum absolute atomic E-state index is 12.8. The Hall–Kier alpha value is -3.75. The van der Waals surface area contributed by atoms with E-state index in [1.807, 2.05) is 6.92 Å². The lowest BCUT2D eigenvalue weighted by Gasteiger charge is -2.21. The van der Waals surface area contributed by atoms with Gasteiger partial charge in [-0.1, -0.05) is 0 Å². The molecule has 2 aromatic carbocycles. The molecule has 0 fully saturated rings. The number of benzene rings is 2. The van der Waals surface area contributed by atoms with Crippen molar-refractivity contribution in [2.75, 3.05) is 31.7 Å². The Morgan fingerprint density at radius 1 is 0.941 bits per heavy atom. The Labute approximate surface area is 200 Å². The van der Waals surface area contributed by atoms with Crippen LogP contribution in [0, 0.1) is 5.41 Å². The zero-order chi connectivity index (χ0) is 24.9. The van der Waals surface area contributed by atoms with Gasteiger partial charge in [-0.15, -0.1) is 0 Å². The number of nitrogen functional groups attached to an aromatic ring is 1. The van der Waals surface area contributed by atoms with Crippen LogP contribution in [-0.2, 0) is 19.1 Å². The Bertz CT molecular complexity index is 962. The lowest BCUT2D eigenvalue weighted by molar-refractivity contribution is -0.144. The quantitative estimate of drug-likeness (QED) is 0.164. The van der Waals surface area contributed by atoms with Crippen molar-refractivity contribution in [2.45, 2.75) is 39.7 Å². The molecule has 2 rings (SSSR count). The monoisotopic (exact) mass is 471 g/mol. The third-order valence-corrected chi connectivity index (χ3v) is 4.68. The van der Waals surface area contributed by atoms with Crippen LogP contribution in [0.3, 0.4) is 0 Å². The van der Waals surface area contributed by atoms with Crippen LogP contribution < -0.4 is 20.5 Å². The molecule has 2 aromatic rings. The Morgan fingerprint density at radius 2 is 1.59 bits per heavy atom. The molecule has 9 heteroatoms. The molecule has 0 amide bonds. The largest absolute Gasteiger partial charge is 0.494 e. The van der Waals surface area contributed by atoms with E-state index in [0.29, 0.717) is 54.6 Å². The lowest BCUT2D eigenvalue weighted by Crippen LogP contribution is -2.23. The Morgan fingerprint density at radius 3 is 2.18 bits per heavy atom. The minimum absolute atomic E-state index is 0.0392. The zero-order valence-electron chi connectivity index (χ0n) is 19.9. The first-order valence-electron chi connectivity index (χ1n) is 11.3. The van der Waals surface area contributed by atoms with Crippen molar-refractivity contribution in [2.24, 2.45) is 5.73 Å². The fourth-order valence-corrected chi connectivity index (χ4v) is 3.15. The number of esters is 2. The van der Waals surface area contributed by atoms with Crippen molar-refractivity contribution in [1.82, 2.24) is 0 Å². The molecule has 0 aliphatic heterocycles. The topological polar surface area (TPSA) is 133 Å². The molecular weight excluding hydrogens is 438 g/mol. The first-order chi connectivity index (χ1) is 16.4. The standard InChI is InChI=1S/C25H33N3O6/c1-4-31-20-14-18(15-21(16-20)34-13-7-8-22(29)32-5-2)23(25(30)33-6-3)28-19-11-9-17(10-12-19)24(26)27/h9-12,14-16,23,28H,4-8,13H2,1-3H3,(H3,26,27). The second-order valence-electron chi connectivity index (χ2n) is 7.25. The van der Waals surface area contributed by atoms with E-state index in [4.69, 9.17) is 30.1 Å². The molecule has 0 aromatic heterocycles. The van der Waals surface area contributed by atoms with E-state index in [2.05, 4.69) is 5.32 Å². The predicted octanol–water partition coefficient (Wildman–Crippen LogP) is 3.81.